The molecule has 0 fully saturated rings. The molecular weight excluding hydrogens is 472 g/mol. The van der Waals surface area contributed by atoms with Gasteiger partial charge in [-0.25, -0.2) is 17.6 Å². The normalized spacial score (nSPS) is 10.3. The van der Waals surface area contributed by atoms with Crippen molar-refractivity contribution in [3.8, 4) is 5.75 Å². The van der Waals surface area contributed by atoms with Crippen molar-refractivity contribution in [1.82, 2.24) is 0 Å². The molecule has 2 aromatic carbocycles. The molecule has 0 aliphatic heterocycles. The van der Waals surface area contributed by atoms with Crippen molar-refractivity contribution in [3.05, 3.63) is 75.4 Å². The largest absolute Gasteiger partial charge is 0.488 e. The predicted octanol–water partition coefficient (Wildman–Crippen LogP) is 6.77. The second kappa shape index (κ2) is 8.53. The third-order valence-electron chi connectivity index (χ3n) is 2.91. The van der Waals surface area contributed by atoms with E-state index in [1.54, 1.807) is 0 Å². The molecule has 0 spiro atoms. The first kappa shape index (κ1) is 19.5. The van der Waals surface area contributed by atoms with Crippen molar-refractivity contribution in [2.24, 2.45) is 0 Å². The van der Waals surface area contributed by atoms with E-state index in [4.69, 9.17) is 9.15 Å². The summed E-state index contributed by atoms with van der Waals surface area (Å²) in [5.74, 6) is -3.32. The van der Waals surface area contributed by atoms with Gasteiger partial charge in [0, 0.05) is 6.07 Å². The maximum atomic E-state index is 13.0. The smallest absolute Gasteiger partial charge is 0.169 e. The van der Waals surface area contributed by atoms with Gasteiger partial charge in [-0.3, -0.25) is 0 Å². The number of hydrogen-bond donors (Lipinski definition) is 0. The fraction of sp³-hybridized carbons (Fsp3) is 0.0588. The molecule has 0 radical (unpaired) electrons. The summed E-state index contributed by atoms with van der Waals surface area (Å²) in [7, 11) is 0. The second-order valence-electron chi connectivity index (χ2n) is 4.61. The van der Waals surface area contributed by atoms with Gasteiger partial charge in [0.2, 0.25) is 0 Å². The van der Waals surface area contributed by atoms with Crippen LogP contribution in [-0.2, 0) is 0 Å². The molecule has 8 heteroatoms. The first-order valence-electron chi connectivity index (χ1n) is 6.74. The average Bonchev–Trinajstić information content (AvgIpc) is 3.06. The standard InChI is InChI=1S/C9H7BrF2O.C8H3BrF2O/c1-2-3-13-9-5-8(12)7(11)4-6(9)10;9-5-3-6(10)7(11)4-1-2-12-8(4)5/h2,4-5H,1,3H2;1-3H. The minimum Gasteiger partial charge on any atom is -0.488 e. The number of hydrogen-bond acceptors (Lipinski definition) is 2. The van der Waals surface area contributed by atoms with Crippen molar-refractivity contribution in [2.45, 2.75) is 0 Å². The van der Waals surface area contributed by atoms with Crippen molar-refractivity contribution >= 4 is 42.8 Å². The van der Waals surface area contributed by atoms with Crippen molar-refractivity contribution in [3.63, 3.8) is 0 Å². The Hall–Kier alpha value is -1.80. The van der Waals surface area contributed by atoms with E-state index < -0.39 is 23.3 Å². The molecule has 0 aliphatic rings. The van der Waals surface area contributed by atoms with Crippen LogP contribution in [0.15, 0.2) is 56.5 Å². The summed E-state index contributed by atoms with van der Waals surface area (Å²) in [6.45, 7) is 3.69. The Morgan fingerprint density at radius 1 is 1.00 bits per heavy atom. The van der Waals surface area contributed by atoms with Crippen molar-refractivity contribution in [2.75, 3.05) is 6.61 Å². The van der Waals surface area contributed by atoms with Gasteiger partial charge in [0.15, 0.2) is 28.9 Å². The second-order valence-corrected chi connectivity index (χ2v) is 6.32. The monoisotopic (exact) mass is 480 g/mol. The maximum Gasteiger partial charge on any atom is 0.169 e. The van der Waals surface area contributed by atoms with Gasteiger partial charge in [-0.1, -0.05) is 12.7 Å². The van der Waals surface area contributed by atoms with Crippen LogP contribution >= 0.6 is 31.9 Å². The Labute approximate surface area is 157 Å². The van der Waals surface area contributed by atoms with Gasteiger partial charge in [0.1, 0.15) is 12.4 Å². The lowest BCUT2D eigenvalue weighted by atomic mass is 10.2. The van der Waals surface area contributed by atoms with E-state index in [1.165, 1.54) is 18.4 Å². The van der Waals surface area contributed by atoms with Gasteiger partial charge >= 0.3 is 0 Å². The highest BCUT2D eigenvalue weighted by molar-refractivity contribution is 9.11. The molecule has 0 atom stereocenters. The number of benzene rings is 2. The zero-order chi connectivity index (χ0) is 18.6. The van der Waals surface area contributed by atoms with Crippen LogP contribution in [-0.4, -0.2) is 6.61 Å². The maximum absolute atomic E-state index is 13.0. The van der Waals surface area contributed by atoms with Crippen LogP contribution in [0.3, 0.4) is 0 Å². The fourth-order valence-corrected chi connectivity index (χ4v) is 2.74. The molecule has 0 saturated heterocycles. The lowest BCUT2D eigenvalue weighted by Crippen LogP contribution is -1.95. The molecule has 25 heavy (non-hydrogen) atoms. The molecule has 3 rings (SSSR count). The zero-order valence-electron chi connectivity index (χ0n) is 12.5. The molecule has 0 bridgehead atoms. The van der Waals surface area contributed by atoms with Crippen LogP contribution < -0.4 is 4.74 Å². The lowest BCUT2D eigenvalue weighted by molar-refractivity contribution is 0.356. The minimum atomic E-state index is -0.928. The number of rotatable bonds is 3. The molecular formula is C17H10Br2F4O2. The average molecular weight is 482 g/mol. The quantitative estimate of drug-likeness (QED) is 0.234. The first-order valence-corrected chi connectivity index (χ1v) is 8.32. The number of furan rings is 1. The van der Waals surface area contributed by atoms with E-state index in [2.05, 4.69) is 38.4 Å². The van der Waals surface area contributed by atoms with Gasteiger partial charge in [0.05, 0.1) is 20.6 Å². The Balaban J connectivity index is 0.000000181. The van der Waals surface area contributed by atoms with Gasteiger partial charge < -0.3 is 9.15 Å². The highest BCUT2D eigenvalue weighted by atomic mass is 79.9. The van der Waals surface area contributed by atoms with Gasteiger partial charge in [-0.15, -0.1) is 0 Å². The van der Waals surface area contributed by atoms with Crippen LogP contribution in [0.25, 0.3) is 11.0 Å². The van der Waals surface area contributed by atoms with E-state index in [1.807, 2.05) is 0 Å². The Morgan fingerprint density at radius 2 is 1.64 bits per heavy atom. The molecule has 1 heterocycles. The summed E-state index contributed by atoms with van der Waals surface area (Å²) in [5, 5.41) is 0.155. The molecule has 2 nitrogen and oxygen atoms in total. The van der Waals surface area contributed by atoms with Gasteiger partial charge in [-0.2, -0.15) is 0 Å². The van der Waals surface area contributed by atoms with Crippen LogP contribution in [0, 0.1) is 23.3 Å². The molecule has 0 aliphatic carbocycles. The predicted molar refractivity (Wildman–Crippen MR) is 93.6 cm³/mol. The number of halogens is 6. The Morgan fingerprint density at radius 3 is 2.32 bits per heavy atom. The molecule has 0 unspecified atom stereocenters. The van der Waals surface area contributed by atoms with Crippen molar-refractivity contribution < 1.29 is 26.7 Å². The summed E-state index contributed by atoms with van der Waals surface area (Å²) in [4.78, 5) is 0. The summed E-state index contributed by atoms with van der Waals surface area (Å²) in [5.41, 5.74) is 0.328. The molecule has 0 saturated carbocycles. The summed E-state index contributed by atoms with van der Waals surface area (Å²) in [6, 6.07) is 4.44. The Kier molecular flexibility index (Phi) is 6.66. The number of ether oxygens (including phenoxy) is 1. The van der Waals surface area contributed by atoms with Crippen LogP contribution in [0.2, 0.25) is 0 Å². The molecule has 0 amide bonds. The summed E-state index contributed by atoms with van der Waals surface area (Å²) in [6.07, 6.45) is 2.84. The number of fused-ring (bicyclic) bond motifs is 1. The SMILES string of the molecule is C=CCOc1cc(F)c(F)cc1Br.Fc1cc(Br)c2occc2c1F. The van der Waals surface area contributed by atoms with Crippen molar-refractivity contribution in [1.29, 1.82) is 0 Å². The topological polar surface area (TPSA) is 22.4 Å². The highest BCUT2D eigenvalue weighted by Gasteiger charge is 2.12. The molecule has 1 aromatic heterocycles. The van der Waals surface area contributed by atoms with E-state index in [0.717, 1.165) is 18.2 Å². The summed E-state index contributed by atoms with van der Waals surface area (Å²) < 4.78 is 61.8. The van der Waals surface area contributed by atoms with Gasteiger partial charge in [-0.05, 0) is 50.1 Å². The fourth-order valence-electron chi connectivity index (χ4n) is 1.80. The lowest BCUT2D eigenvalue weighted by Gasteiger charge is -2.05. The minimum absolute atomic E-state index is 0.155. The molecule has 3 aromatic rings. The van der Waals surface area contributed by atoms with Crippen LogP contribution in [0.4, 0.5) is 17.6 Å². The Bertz CT molecular complexity index is 909. The molecule has 0 N–H and O–H groups in total. The van der Waals surface area contributed by atoms with E-state index in [0.29, 0.717) is 14.5 Å². The third-order valence-corrected chi connectivity index (χ3v) is 4.12. The molecule has 132 valence electrons. The van der Waals surface area contributed by atoms with E-state index in [9.17, 15) is 17.6 Å². The van der Waals surface area contributed by atoms with Crippen LogP contribution in [0.5, 0.6) is 5.75 Å². The highest BCUT2D eigenvalue weighted by Crippen LogP contribution is 2.29. The van der Waals surface area contributed by atoms with E-state index >= 15 is 0 Å². The zero-order valence-corrected chi connectivity index (χ0v) is 15.6. The van der Waals surface area contributed by atoms with Crippen LogP contribution in [0.1, 0.15) is 0 Å². The summed E-state index contributed by atoms with van der Waals surface area (Å²) >= 11 is 6.11. The first-order chi connectivity index (χ1) is 11.8. The third kappa shape index (κ3) is 4.64. The van der Waals surface area contributed by atoms with Gasteiger partial charge in [0.25, 0.3) is 0 Å². The van der Waals surface area contributed by atoms with E-state index in [-0.39, 0.29) is 17.7 Å².